The summed E-state index contributed by atoms with van der Waals surface area (Å²) in [6, 6.07) is 11.8. The molecule has 0 bridgehead atoms. The maximum atomic E-state index is 12.0. The average Bonchev–Trinajstić information content (AvgIpc) is 2.34. The Labute approximate surface area is 121 Å². The topological polar surface area (TPSA) is 37.3 Å². The molecule has 0 heterocycles. The summed E-state index contributed by atoms with van der Waals surface area (Å²) < 4.78 is 0. The van der Waals surface area contributed by atoms with Gasteiger partial charge in [0.25, 0.3) is 0 Å². The zero-order chi connectivity index (χ0) is 13.8. The highest BCUT2D eigenvalue weighted by Crippen LogP contribution is 2.25. The first-order valence-electron chi connectivity index (χ1n) is 5.79. The Kier molecular flexibility index (Phi) is 4.46. The molecule has 2 nitrogen and oxygen atoms in total. The van der Waals surface area contributed by atoms with Crippen LogP contribution in [0, 0.1) is 0 Å². The Morgan fingerprint density at radius 3 is 2.26 bits per heavy atom. The molecule has 0 aromatic heterocycles. The average molecular weight is 295 g/mol. The van der Waals surface area contributed by atoms with Crippen LogP contribution < -0.4 is 0 Å². The Hall–Kier alpha value is -1.51. The zero-order valence-corrected chi connectivity index (χ0v) is 11.6. The Bertz CT molecular complexity index is 589. The molecule has 0 radical (unpaired) electrons. The molecule has 0 saturated carbocycles. The van der Waals surface area contributed by atoms with E-state index in [9.17, 15) is 9.90 Å². The van der Waals surface area contributed by atoms with Gasteiger partial charge >= 0.3 is 0 Å². The lowest BCUT2D eigenvalue weighted by Gasteiger charge is -2.06. The molecule has 4 heteroatoms. The number of hydrogen-bond acceptors (Lipinski definition) is 2. The van der Waals surface area contributed by atoms with Crippen molar-refractivity contribution in [2.45, 2.75) is 12.8 Å². The monoisotopic (exact) mass is 294 g/mol. The second-order valence-electron chi connectivity index (χ2n) is 4.26. The highest BCUT2D eigenvalue weighted by molar-refractivity contribution is 6.36. The number of carbonyl (C=O) groups excluding carboxylic acids is 1. The van der Waals surface area contributed by atoms with Crippen LogP contribution in [0.1, 0.15) is 11.1 Å². The van der Waals surface area contributed by atoms with Gasteiger partial charge in [-0.05, 0) is 35.4 Å². The van der Waals surface area contributed by atoms with E-state index in [0.29, 0.717) is 15.6 Å². The molecule has 1 N–H and O–H groups in total. The second kappa shape index (κ2) is 6.09. The van der Waals surface area contributed by atoms with Crippen LogP contribution in [0.4, 0.5) is 0 Å². The fraction of sp³-hybridized carbons (Fsp3) is 0.133. The van der Waals surface area contributed by atoms with Gasteiger partial charge in [-0.25, -0.2) is 0 Å². The summed E-state index contributed by atoms with van der Waals surface area (Å²) >= 11 is 12.1. The summed E-state index contributed by atoms with van der Waals surface area (Å²) in [6.45, 7) is 0. The molecule has 98 valence electrons. The summed E-state index contributed by atoms with van der Waals surface area (Å²) in [5, 5.41) is 10.3. The predicted molar refractivity (Wildman–Crippen MR) is 77.0 cm³/mol. The maximum absolute atomic E-state index is 12.0. The molecule has 0 saturated heterocycles. The Morgan fingerprint density at radius 2 is 1.63 bits per heavy atom. The first-order chi connectivity index (χ1) is 9.06. The van der Waals surface area contributed by atoms with Crippen molar-refractivity contribution in [2.75, 3.05) is 0 Å². The molecule has 0 spiro atoms. The van der Waals surface area contributed by atoms with E-state index in [1.54, 1.807) is 42.5 Å². The largest absolute Gasteiger partial charge is 0.508 e. The van der Waals surface area contributed by atoms with Crippen LogP contribution in [0.3, 0.4) is 0 Å². The smallest absolute Gasteiger partial charge is 0.141 e. The van der Waals surface area contributed by atoms with E-state index < -0.39 is 0 Å². The van der Waals surface area contributed by atoms with Crippen LogP contribution in [0.5, 0.6) is 5.75 Å². The molecule has 2 aromatic carbocycles. The van der Waals surface area contributed by atoms with Crippen molar-refractivity contribution in [1.82, 2.24) is 0 Å². The highest BCUT2D eigenvalue weighted by atomic mass is 35.5. The lowest BCUT2D eigenvalue weighted by molar-refractivity contribution is -0.117. The van der Waals surface area contributed by atoms with Gasteiger partial charge in [0, 0.05) is 22.9 Å². The fourth-order valence-electron chi connectivity index (χ4n) is 1.85. The number of carbonyl (C=O) groups is 1. The fourth-order valence-corrected chi connectivity index (χ4v) is 2.39. The molecular formula is C15H12Cl2O2. The molecule has 0 amide bonds. The quantitative estimate of drug-likeness (QED) is 0.923. The third kappa shape index (κ3) is 3.72. The van der Waals surface area contributed by atoms with Gasteiger partial charge in [-0.1, -0.05) is 41.4 Å². The molecule has 2 rings (SSSR count). The van der Waals surface area contributed by atoms with Crippen molar-refractivity contribution in [3.05, 3.63) is 63.6 Å². The maximum Gasteiger partial charge on any atom is 0.141 e. The van der Waals surface area contributed by atoms with E-state index in [4.69, 9.17) is 23.2 Å². The van der Waals surface area contributed by atoms with Gasteiger partial charge in [0.15, 0.2) is 0 Å². The summed E-state index contributed by atoms with van der Waals surface area (Å²) in [5.74, 6) is 0.154. The first-order valence-corrected chi connectivity index (χ1v) is 6.54. The van der Waals surface area contributed by atoms with E-state index >= 15 is 0 Å². The van der Waals surface area contributed by atoms with Crippen molar-refractivity contribution < 1.29 is 9.90 Å². The van der Waals surface area contributed by atoms with E-state index in [2.05, 4.69) is 0 Å². The minimum atomic E-state index is 0.000556. The third-order valence-electron chi connectivity index (χ3n) is 2.75. The van der Waals surface area contributed by atoms with Crippen molar-refractivity contribution in [3.63, 3.8) is 0 Å². The van der Waals surface area contributed by atoms with Crippen molar-refractivity contribution in [3.8, 4) is 5.75 Å². The van der Waals surface area contributed by atoms with Crippen molar-refractivity contribution in [2.24, 2.45) is 0 Å². The molecule has 0 unspecified atom stereocenters. The normalized spacial score (nSPS) is 10.4. The summed E-state index contributed by atoms with van der Waals surface area (Å²) in [6.07, 6.45) is 0.435. The van der Waals surface area contributed by atoms with Crippen molar-refractivity contribution >= 4 is 29.0 Å². The number of hydrogen-bond donors (Lipinski definition) is 1. The van der Waals surface area contributed by atoms with E-state index in [-0.39, 0.29) is 24.4 Å². The van der Waals surface area contributed by atoms with Crippen molar-refractivity contribution in [1.29, 1.82) is 0 Å². The number of benzene rings is 2. The third-order valence-corrected chi connectivity index (χ3v) is 3.46. The van der Waals surface area contributed by atoms with E-state index in [0.717, 1.165) is 5.56 Å². The van der Waals surface area contributed by atoms with Crippen LogP contribution in [-0.4, -0.2) is 10.9 Å². The SMILES string of the molecule is O=C(Cc1cccc(O)c1)Cc1c(Cl)cccc1Cl. The molecule has 2 aromatic rings. The number of phenolic OH excluding ortho intramolecular Hbond substituents is 1. The molecule has 0 aliphatic heterocycles. The lowest BCUT2D eigenvalue weighted by Crippen LogP contribution is -2.07. The van der Waals surface area contributed by atoms with Gasteiger partial charge in [0.1, 0.15) is 11.5 Å². The Morgan fingerprint density at radius 1 is 1.00 bits per heavy atom. The van der Waals surface area contributed by atoms with Crippen LogP contribution in [0.25, 0.3) is 0 Å². The minimum absolute atomic E-state index is 0.000556. The number of ketones is 1. The lowest BCUT2D eigenvalue weighted by atomic mass is 10.0. The van der Waals surface area contributed by atoms with Gasteiger partial charge in [-0.15, -0.1) is 0 Å². The number of halogens is 2. The van der Waals surface area contributed by atoms with E-state index in [1.165, 1.54) is 0 Å². The Balaban J connectivity index is 2.10. The van der Waals surface area contributed by atoms with Crippen LogP contribution in [0.2, 0.25) is 10.0 Å². The summed E-state index contributed by atoms with van der Waals surface area (Å²) in [7, 11) is 0. The highest BCUT2D eigenvalue weighted by Gasteiger charge is 2.11. The summed E-state index contributed by atoms with van der Waals surface area (Å²) in [5.41, 5.74) is 1.42. The molecule has 19 heavy (non-hydrogen) atoms. The molecule has 0 fully saturated rings. The van der Waals surface area contributed by atoms with Gasteiger partial charge in [0.05, 0.1) is 0 Å². The van der Waals surface area contributed by atoms with Gasteiger partial charge in [-0.3, -0.25) is 4.79 Å². The zero-order valence-electron chi connectivity index (χ0n) is 10.1. The van der Waals surface area contributed by atoms with Crippen LogP contribution >= 0.6 is 23.2 Å². The predicted octanol–water partition coefficient (Wildman–Crippen LogP) is 4.05. The summed E-state index contributed by atoms with van der Waals surface area (Å²) in [4.78, 5) is 12.0. The number of rotatable bonds is 4. The molecular weight excluding hydrogens is 283 g/mol. The van der Waals surface area contributed by atoms with E-state index in [1.807, 2.05) is 0 Å². The first kappa shape index (κ1) is 13.9. The molecule has 0 atom stereocenters. The van der Waals surface area contributed by atoms with Crippen LogP contribution in [-0.2, 0) is 17.6 Å². The minimum Gasteiger partial charge on any atom is -0.508 e. The standard InChI is InChI=1S/C15H12Cl2O2/c16-14-5-2-6-15(17)13(14)9-12(19)8-10-3-1-4-11(18)7-10/h1-7,18H,8-9H2. The molecule has 0 aliphatic carbocycles. The second-order valence-corrected chi connectivity index (χ2v) is 5.08. The number of Topliss-reactive ketones (excluding diaryl/α,β-unsaturated/α-hetero) is 1. The number of phenols is 1. The van der Waals surface area contributed by atoms with Gasteiger partial charge < -0.3 is 5.11 Å². The van der Waals surface area contributed by atoms with Gasteiger partial charge in [0.2, 0.25) is 0 Å². The number of aromatic hydroxyl groups is 1. The van der Waals surface area contributed by atoms with Crippen LogP contribution in [0.15, 0.2) is 42.5 Å². The molecule has 0 aliphatic rings. The van der Waals surface area contributed by atoms with Gasteiger partial charge in [-0.2, -0.15) is 0 Å².